The number of hydrogen-bond donors (Lipinski definition) is 2. The summed E-state index contributed by atoms with van der Waals surface area (Å²) in [5.41, 5.74) is 8.02. The molecule has 0 heterocycles. The number of nitrogens with two attached hydrogens (primary N) is 1. The monoisotopic (exact) mass is 425 g/mol. The molecule has 3 N–H and O–H groups in total. The van der Waals surface area contributed by atoms with Crippen molar-refractivity contribution in [1.29, 1.82) is 0 Å². The smallest absolute Gasteiger partial charge is 0.337 e. The summed E-state index contributed by atoms with van der Waals surface area (Å²) in [4.78, 5) is 24.6. The Morgan fingerprint density at radius 2 is 1.52 bits per heavy atom. The van der Waals surface area contributed by atoms with Gasteiger partial charge >= 0.3 is 11.9 Å². The summed E-state index contributed by atoms with van der Waals surface area (Å²) in [6, 6.07) is 15.9. The van der Waals surface area contributed by atoms with E-state index in [4.69, 9.17) is 15.2 Å². The summed E-state index contributed by atoms with van der Waals surface area (Å²) in [7, 11) is 0. The van der Waals surface area contributed by atoms with Gasteiger partial charge in [-0.2, -0.15) is 0 Å². The van der Waals surface area contributed by atoms with Crippen molar-refractivity contribution < 1.29 is 24.2 Å². The lowest BCUT2D eigenvalue weighted by molar-refractivity contribution is -0.161. The fraction of sp³-hybridized carbons (Fsp3) is 0.440. The maximum Gasteiger partial charge on any atom is 0.337 e. The van der Waals surface area contributed by atoms with E-state index in [1.165, 1.54) is 0 Å². The van der Waals surface area contributed by atoms with E-state index in [-0.39, 0.29) is 24.5 Å². The van der Waals surface area contributed by atoms with Crippen LogP contribution in [-0.2, 0) is 19.1 Å². The molecule has 0 fully saturated rings. The number of aliphatic carboxylic acids is 1. The molecule has 1 aliphatic rings. The van der Waals surface area contributed by atoms with Crippen molar-refractivity contribution in [2.45, 2.75) is 57.1 Å². The van der Waals surface area contributed by atoms with Gasteiger partial charge in [-0.3, -0.25) is 0 Å². The Bertz CT molecular complexity index is 903. The predicted molar refractivity (Wildman–Crippen MR) is 119 cm³/mol. The van der Waals surface area contributed by atoms with Crippen LogP contribution in [0.2, 0.25) is 0 Å². The van der Waals surface area contributed by atoms with Crippen molar-refractivity contribution >= 4 is 11.9 Å². The van der Waals surface area contributed by atoms with Gasteiger partial charge in [0, 0.05) is 12.5 Å². The molecule has 0 aliphatic heterocycles. The number of fused-ring (bicyclic) bond motifs is 3. The maximum atomic E-state index is 12.8. The van der Waals surface area contributed by atoms with Gasteiger partial charge in [-0.1, -0.05) is 48.5 Å². The van der Waals surface area contributed by atoms with Crippen LogP contribution in [0.25, 0.3) is 11.1 Å². The zero-order valence-electron chi connectivity index (χ0n) is 18.4. The fourth-order valence-electron chi connectivity index (χ4n) is 3.91. The van der Waals surface area contributed by atoms with Gasteiger partial charge in [0.15, 0.2) is 0 Å². The molecular weight excluding hydrogens is 394 g/mol. The van der Waals surface area contributed by atoms with Crippen LogP contribution in [0, 0.1) is 0 Å². The first kappa shape index (κ1) is 23.0. The Labute approximate surface area is 183 Å². The normalized spacial score (nSPS) is 15.1. The van der Waals surface area contributed by atoms with Crippen molar-refractivity contribution in [3.05, 3.63) is 59.7 Å². The van der Waals surface area contributed by atoms with Crippen molar-refractivity contribution in [3.8, 4) is 11.1 Å². The number of esters is 1. The summed E-state index contributed by atoms with van der Waals surface area (Å²) in [6.07, 6.45) is 1.05. The number of rotatable bonds is 9. The zero-order chi connectivity index (χ0) is 22.6. The molecule has 0 spiro atoms. The Morgan fingerprint density at radius 1 is 0.968 bits per heavy atom. The lowest BCUT2D eigenvalue weighted by atomic mass is 9.93. The van der Waals surface area contributed by atoms with Crippen molar-refractivity contribution in [3.63, 3.8) is 0 Å². The molecule has 166 valence electrons. The highest BCUT2D eigenvalue weighted by atomic mass is 16.5. The molecule has 31 heavy (non-hydrogen) atoms. The summed E-state index contributed by atoms with van der Waals surface area (Å²) >= 11 is 0. The van der Waals surface area contributed by atoms with Gasteiger partial charge in [0.05, 0.1) is 5.60 Å². The Kier molecular flexibility index (Phi) is 6.82. The SMILES string of the molecule is CC(C)(C)OCCCC[C@](N)(C(=O)O)C(=O)OCC1c2ccccc2-c2ccccc21. The predicted octanol–water partition coefficient (Wildman–Crippen LogP) is 4.11. The molecule has 0 bridgehead atoms. The van der Waals surface area contributed by atoms with Gasteiger partial charge in [-0.05, 0) is 62.3 Å². The first-order valence-corrected chi connectivity index (χ1v) is 10.6. The van der Waals surface area contributed by atoms with E-state index in [1.54, 1.807) is 0 Å². The highest BCUT2D eigenvalue weighted by Crippen LogP contribution is 2.44. The van der Waals surface area contributed by atoms with Gasteiger partial charge in [0.1, 0.15) is 6.61 Å². The third kappa shape index (κ3) is 5.14. The van der Waals surface area contributed by atoms with Gasteiger partial charge in [-0.15, -0.1) is 0 Å². The van der Waals surface area contributed by atoms with Crippen molar-refractivity contribution in [1.82, 2.24) is 0 Å². The van der Waals surface area contributed by atoms with Crippen molar-refractivity contribution in [2.75, 3.05) is 13.2 Å². The number of carboxylic acid groups (broad SMARTS) is 1. The Balaban J connectivity index is 1.65. The average molecular weight is 426 g/mol. The molecule has 0 unspecified atom stereocenters. The van der Waals surface area contributed by atoms with E-state index >= 15 is 0 Å². The molecule has 2 aromatic carbocycles. The highest BCUT2D eigenvalue weighted by molar-refractivity contribution is 6.03. The minimum atomic E-state index is -2.07. The minimum absolute atomic E-state index is 0.00743. The molecule has 6 nitrogen and oxygen atoms in total. The van der Waals surface area contributed by atoms with E-state index in [2.05, 4.69) is 0 Å². The first-order chi connectivity index (χ1) is 14.6. The molecule has 0 saturated heterocycles. The van der Waals surface area contributed by atoms with Crippen LogP contribution in [0.15, 0.2) is 48.5 Å². The van der Waals surface area contributed by atoms with Gasteiger partial charge in [0.25, 0.3) is 0 Å². The van der Waals surface area contributed by atoms with E-state index in [0.29, 0.717) is 19.4 Å². The Morgan fingerprint density at radius 3 is 2.03 bits per heavy atom. The molecular formula is C25H31NO5. The lowest BCUT2D eigenvalue weighted by Crippen LogP contribution is -2.56. The third-order valence-corrected chi connectivity index (χ3v) is 5.59. The molecule has 0 amide bonds. The lowest BCUT2D eigenvalue weighted by Gasteiger charge is -2.24. The summed E-state index contributed by atoms with van der Waals surface area (Å²) in [5, 5.41) is 9.64. The number of ether oxygens (including phenoxy) is 2. The van der Waals surface area contributed by atoms with Crippen LogP contribution in [-0.4, -0.2) is 41.4 Å². The first-order valence-electron chi connectivity index (χ1n) is 10.6. The molecule has 0 saturated carbocycles. The second kappa shape index (κ2) is 9.20. The average Bonchev–Trinajstić information content (AvgIpc) is 3.04. The van der Waals surface area contributed by atoms with E-state index < -0.39 is 17.5 Å². The van der Waals surface area contributed by atoms with E-state index in [9.17, 15) is 14.7 Å². The van der Waals surface area contributed by atoms with Crippen LogP contribution in [0.5, 0.6) is 0 Å². The number of hydrogen-bond acceptors (Lipinski definition) is 5. The van der Waals surface area contributed by atoms with Gasteiger partial charge in [-0.25, -0.2) is 9.59 Å². The fourth-order valence-corrected chi connectivity index (χ4v) is 3.91. The molecule has 0 radical (unpaired) electrons. The quantitative estimate of drug-likeness (QED) is 0.356. The number of unbranched alkanes of at least 4 members (excludes halogenated alkanes) is 1. The molecule has 6 heteroatoms. The summed E-state index contributed by atoms with van der Waals surface area (Å²) < 4.78 is 11.1. The summed E-state index contributed by atoms with van der Waals surface area (Å²) in [6.45, 7) is 6.38. The number of carbonyl (C=O) groups is 2. The Hall–Kier alpha value is -2.70. The molecule has 1 atom stereocenters. The molecule has 1 aliphatic carbocycles. The second-order valence-corrected chi connectivity index (χ2v) is 9.02. The molecule has 0 aromatic heterocycles. The van der Waals surface area contributed by atoms with Crippen LogP contribution in [0.4, 0.5) is 0 Å². The van der Waals surface area contributed by atoms with Crippen LogP contribution >= 0.6 is 0 Å². The standard InChI is InChI=1S/C25H31NO5/c1-24(2,3)31-15-9-8-14-25(26,22(27)28)23(29)30-16-21-19-12-6-4-10-17(19)18-11-5-7-13-20(18)21/h4-7,10-13,21H,8-9,14-16,26H2,1-3H3,(H,27,28)/t25-/m0/s1. The van der Waals surface area contributed by atoms with Crippen LogP contribution in [0.1, 0.15) is 57.1 Å². The van der Waals surface area contributed by atoms with Crippen LogP contribution < -0.4 is 5.73 Å². The molecule has 2 aromatic rings. The highest BCUT2D eigenvalue weighted by Gasteiger charge is 2.44. The topological polar surface area (TPSA) is 98.9 Å². The van der Waals surface area contributed by atoms with Crippen molar-refractivity contribution in [2.24, 2.45) is 5.73 Å². The number of carbonyl (C=O) groups excluding carboxylic acids is 1. The molecule has 3 rings (SSSR count). The maximum absolute atomic E-state index is 12.8. The van der Waals surface area contributed by atoms with Gasteiger partial charge in [0.2, 0.25) is 5.54 Å². The number of benzene rings is 2. The zero-order valence-corrected chi connectivity index (χ0v) is 18.4. The number of carboxylic acids is 1. The minimum Gasteiger partial charge on any atom is -0.479 e. The van der Waals surface area contributed by atoms with E-state index in [0.717, 1.165) is 22.3 Å². The summed E-state index contributed by atoms with van der Waals surface area (Å²) in [5.74, 6) is -2.42. The van der Waals surface area contributed by atoms with Crippen LogP contribution in [0.3, 0.4) is 0 Å². The van der Waals surface area contributed by atoms with E-state index in [1.807, 2.05) is 69.3 Å². The van der Waals surface area contributed by atoms with Gasteiger partial charge < -0.3 is 20.3 Å². The third-order valence-electron chi connectivity index (χ3n) is 5.59. The largest absolute Gasteiger partial charge is 0.479 e. The second-order valence-electron chi connectivity index (χ2n) is 9.02.